The van der Waals surface area contributed by atoms with Gasteiger partial charge in [-0.05, 0) is 256 Å². The van der Waals surface area contributed by atoms with E-state index in [1.54, 1.807) is 0 Å². The summed E-state index contributed by atoms with van der Waals surface area (Å²) < 4.78 is 2.53. The van der Waals surface area contributed by atoms with E-state index in [0.717, 1.165) is 5.69 Å². The van der Waals surface area contributed by atoms with Gasteiger partial charge in [0.15, 0.2) is 8.07 Å². The number of aromatic nitrogens is 1. The number of rotatable bonds is 14. The van der Waals surface area contributed by atoms with Crippen LogP contribution in [0.15, 0.2) is 540 Å². The molecule has 6 unspecified atom stereocenters. The van der Waals surface area contributed by atoms with Crippen molar-refractivity contribution >= 4 is 203 Å². The maximum Gasteiger partial charge on any atom is 0.181 e. The minimum atomic E-state index is -3.12. The van der Waals surface area contributed by atoms with Gasteiger partial charge in [-0.2, -0.15) is 0 Å². The maximum atomic E-state index is 2.73. The Bertz CT molecular complexity index is 10500. The van der Waals surface area contributed by atoms with Crippen LogP contribution in [-0.2, 0) is 0 Å². The summed E-state index contributed by atoms with van der Waals surface area (Å²) in [6, 6.07) is 202. The van der Waals surface area contributed by atoms with Crippen LogP contribution < -0.4 is 31.4 Å². The van der Waals surface area contributed by atoms with Gasteiger partial charge in [-0.25, -0.2) is 0 Å². The molecule has 0 bridgehead atoms. The highest BCUT2D eigenvalue weighted by Gasteiger charge is 2.51. The Morgan fingerprint density at radius 3 is 1.12 bits per heavy atom. The highest BCUT2D eigenvalue weighted by atomic mass is 31.1. The first-order valence-corrected chi connectivity index (χ1v) is 59.0. The van der Waals surface area contributed by atoms with E-state index < -0.39 is 38.6 Å². The molecule has 0 fully saturated rings. The van der Waals surface area contributed by atoms with Crippen molar-refractivity contribution in [3.63, 3.8) is 0 Å². The molecule has 0 saturated heterocycles. The van der Waals surface area contributed by atoms with Crippen LogP contribution in [0.25, 0.3) is 233 Å². The number of para-hydroxylation sites is 3. The number of nitrogens with zero attached hydrogens (tertiary/aromatic N) is 1. The smallest absolute Gasteiger partial charge is 0.181 e. The molecule has 4 aromatic heterocycles. The molecule has 0 spiro atoms. The lowest BCUT2D eigenvalue weighted by molar-refractivity contribution is 0.892. The predicted molar refractivity (Wildman–Crippen MR) is 646 cm³/mol. The Balaban J connectivity index is 0.609. The summed E-state index contributed by atoms with van der Waals surface area (Å²) in [4.78, 5) is 0. The zero-order valence-electron chi connectivity index (χ0n) is 80.8. The number of allylic oxidation sites excluding steroid dienone is 4. The van der Waals surface area contributed by atoms with Crippen molar-refractivity contribution in [1.29, 1.82) is 0 Å². The molecule has 2 aliphatic heterocycles. The van der Waals surface area contributed by atoms with Crippen molar-refractivity contribution in [2.75, 3.05) is 0 Å². The topological polar surface area (TPSA) is 4.93 Å². The van der Waals surface area contributed by atoms with Gasteiger partial charge in [0.05, 0.1) is 11.0 Å². The van der Waals surface area contributed by atoms with Crippen LogP contribution in [0, 0.1) is 0 Å². The van der Waals surface area contributed by atoms with Crippen LogP contribution in [0.2, 0.25) is 0 Å². The third-order valence-corrected chi connectivity index (χ3v) is 48.4. The van der Waals surface area contributed by atoms with E-state index >= 15 is 0 Å². The molecule has 0 saturated carbocycles. The molecule has 6 atom stereocenters. The largest absolute Gasteiger partial charge is 0.309 e. The SMILES string of the molecule is C1=CC2c3cccc(-c4cccc5c(-c6cccc7c8ccccc8n(-c8ccccc8)c67)c6cccc(-c7cccc8c9ccccc9p(-c9ccccc9)c78)c6cc45)c3P(c3ccccc3)C2C=C1c1ccc2c3cccc(-c4cccc5c(-c6cccc7c6[Si](c6ccccc6)(c6ccccc6)c6ccccc6-7)c6cccc(-c7cccc8c9ccccc9p(-c9ccccc9)c78)c6cc45)c3p(-c3ccccc3)c2c1. The minimum absolute atomic E-state index is 0.135. The van der Waals surface area contributed by atoms with E-state index in [4.69, 9.17) is 0 Å². The fourth-order valence-electron chi connectivity index (χ4n) is 26.8. The standard InChI is InChI=1S/C142H91NP4Si/c1-8-40-92(41-9-1)143-129-78-26-22-54-103(129)113-66-34-76-123(137(113)143)135-109-62-30-58-99(114-67-35-71-118-104-55-23-27-79-130(104)144(138(114)118)93-42-10-2-11-43-93)125(109)88-126-101(59-31-63-110(126)135)116-69-37-73-120-106-84-82-90(86-132(106)146(140(116)120)95-46-14-4-15-47-95)91-83-85-107-121-74-38-70-117(141(121)147(133(107)87-91)96-48-16-5-17-49-96)102-61-33-65-112-128(102)89-127-100(115-68-36-72-119-105-56-24-28-80-131(105)145(139(115)119)94-44-12-3-13-45-94)60-32-64-111(127)136(112)124-77-39-75-122-108-57-25-29-81-134(108)148(142(122)124,97-50-18-6-19-51-97)98-52-20-7-21-53-98/h1-89,106,132H. The van der Waals surface area contributed by atoms with E-state index in [1.807, 2.05) is 0 Å². The van der Waals surface area contributed by atoms with Crippen molar-refractivity contribution in [1.82, 2.24) is 4.57 Å². The number of benzene rings is 24. The highest BCUT2D eigenvalue weighted by molar-refractivity contribution is 7.74. The van der Waals surface area contributed by atoms with E-state index in [2.05, 4.69) is 545 Å². The maximum absolute atomic E-state index is 3.12. The first kappa shape index (κ1) is 85.5. The van der Waals surface area contributed by atoms with Crippen LogP contribution >= 0.6 is 30.5 Å². The van der Waals surface area contributed by atoms with E-state index in [9.17, 15) is 0 Å². The molecule has 688 valence electrons. The number of hydrogen-bond donors (Lipinski definition) is 0. The molecular formula is C142H91NP4Si. The number of hydrogen-bond acceptors (Lipinski definition) is 0. The Morgan fingerprint density at radius 1 is 0.230 bits per heavy atom. The van der Waals surface area contributed by atoms with E-state index in [0.29, 0.717) is 0 Å². The molecule has 24 aromatic carbocycles. The van der Waals surface area contributed by atoms with Gasteiger partial charge in [-0.15, -0.1) is 0 Å². The lowest BCUT2D eigenvalue weighted by atomic mass is 9.84. The van der Waals surface area contributed by atoms with Crippen LogP contribution in [0.5, 0.6) is 0 Å². The van der Waals surface area contributed by atoms with Gasteiger partial charge >= 0.3 is 0 Å². The third-order valence-electron chi connectivity index (χ3n) is 32.7. The molecule has 28 aromatic rings. The average molecular weight is 1960 g/mol. The predicted octanol–water partition coefficient (Wildman–Crippen LogP) is 37.2. The van der Waals surface area contributed by atoms with Crippen LogP contribution in [0.4, 0.5) is 0 Å². The van der Waals surface area contributed by atoms with Crippen molar-refractivity contribution < 1.29 is 0 Å². The second-order valence-electron chi connectivity index (χ2n) is 40.1. The van der Waals surface area contributed by atoms with Gasteiger partial charge in [0.25, 0.3) is 0 Å². The molecule has 6 heterocycles. The summed E-state index contributed by atoms with van der Waals surface area (Å²) in [5, 5.41) is 41.4. The van der Waals surface area contributed by atoms with Gasteiger partial charge in [0, 0.05) is 64.3 Å². The Kier molecular flexibility index (Phi) is 19.7. The summed E-state index contributed by atoms with van der Waals surface area (Å²) in [5.41, 5.74) is 25.5. The molecular weight excluding hydrogens is 1870 g/mol. The van der Waals surface area contributed by atoms with Gasteiger partial charge in [0.1, 0.15) is 0 Å². The van der Waals surface area contributed by atoms with Gasteiger partial charge in [-0.1, -0.05) is 526 Å². The second-order valence-corrected chi connectivity index (χ2v) is 52.4. The summed E-state index contributed by atoms with van der Waals surface area (Å²) in [6.45, 7) is 0. The van der Waals surface area contributed by atoms with Gasteiger partial charge in [-0.3, -0.25) is 0 Å². The lowest BCUT2D eigenvalue weighted by Crippen LogP contribution is -2.73. The van der Waals surface area contributed by atoms with Gasteiger partial charge < -0.3 is 4.57 Å². The van der Waals surface area contributed by atoms with E-state index in [-0.39, 0.29) is 11.6 Å². The summed E-state index contributed by atoms with van der Waals surface area (Å²) in [5.74, 6) is 0.135. The first-order valence-electron chi connectivity index (χ1n) is 51.6. The first-order chi connectivity index (χ1) is 73.5. The fraction of sp³-hybridized carbons (Fsp3) is 0.0141. The minimum Gasteiger partial charge on any atom is -0.309 e. The Morgan fingerprint density at radius 2 is 0.595 bits per heavy atom. The molecule has 31 rings (SSSR count). The molecule has 0 radical (unpaired) electrons. The van der Waals surface area contributed by atoms with Crippen LogP contribution in [-0.4, -0.2) is 18.3 Å². The monoisotopic (exact) mass is 1960 g/mol. The molecule has 1 aliphatic carbocycles. The second kappa shape index (κ2) is 34.1. The molecule has 6 heteroatoms. The van der Waals surface area contributed by atoms with Crippen molar-refractivity contribution in [2.45, 2.75) is 11.6 Å². The zero-order valence-corrected chi connectivity index (χ0v) is 85.4. The fourth-order valence-corrected chi connectivity index (χ4v) is 43.9. The Hall–Kier alpha value is -16.9. The van der Waals surface area contributed by atoms with Crippen molar-refractivity contribution in [3.05, 3.63) is 551 Å². The molecule has 148 heavy (non-hydrogen) atoms. The number of fused-ring (bicyclic) bond motifs is 22. The van der Waals surface area contributed by atoms with Crippen LogP contribution in [0.1, 0.15) is 17.0 Å². The lowest BCUT2D eigenvalue weighted by Gasteiger charge is -2.33. The molecule has 0 N–H and O–H groups in total. The average Bonchev–Trinajstić information content (AvgIpc) is 1.53. The summed E-state index contributed by atoms with van der Waals surface area (Å²) >= 11 is 0. The normalized spacial score (nSPS) is 15.0. The van der Waals surface area contributed by atoms with Crippen molar-refractivity contribution in [2.24, 2.45) is 0 Å². The summed E-state index contributed by atoms with van der Waals surface area (Å²) in [6.07, 6.45) is 7.83. The van der Waals surface area contributed by atoms with E-state index in [1.165, 1.54) is 270 Å². The Labute approximate surface area is 863 Å². The molecule has 3 aliphatic rings. The molecule has 0 amide bonds. The van der Waals surface area contributed by atoms with Crippen LogP contribution in [0.3, 0.4) is 0 Å². The zero-order chi connectivity index (χ0) is 96.9. The van der Waals surface area contributed by atoms with Gasteiger partial charge in [0.2, 0.25) is 0 Å². The summed E-state index contributed by atoms with van der Waals surface area (Å²) in [7, 11) is -7.17. The van der Waals surface area contributed by atoms with Crippen molar-refractivity contribution in [3.8, 4) is 99.5 Å². The highest BCUT2D eigenvalue weighted by Crippen LogP contribution is 2.65. The quantitative estimate of drug-likeness (QED) is 0.0581. The molecule has 1 nitrogen and oxygen atoms in total. The third kappa shape index (κ3) is 12.7.